The SMILES string of the molecule is Cc1cccc(CC(O)c2c(F)ccc(Br)c2F)c1. The van der Waals surface area contributed by atoms with Gasteiger partial charge >= 0.3 is 0 Å². The van der Waals surface area contributed by atoms with Crippen LogP contribution in [-0.4, -0.2) is 5.11 Å². The Labute approximate surface area is 119 Å². The molecule has 0 spiro atoms. The summed E-state index contributed by atoms with van der Waals surface area (Å²) in [6.07, 6.45) is -1.04. The Morgan fingerprint density at radius 1 is 1.21 bits per heavy atom. The summed E-state index contributed by atoms with van der Waals surface area (Å²) in [5, 5.41) is 10.1. The third-order valence-electron chi connectivity index (χ3n) is 2.92. The molecule has 0 saturated heterocycles. The molecule has 0 fully saturated rings. The molecule has 1 atom stereocenters. The summed E-state index contributed by atoms with van der Waals surface area (Å²) < 4.78 is 27.6. The van der Waals surface area contributed by atoms with Gasteiger partial charge in [-0.2, -0.15) is 0 Å². The van der Waals surface area contributed by atoms with E-state index in [0.29, 0.717) is 0 Å². The largest absolute Gasteiger partial charge is 0.388 e. The van der Waals surface area contributed by atoms with E-state index in [9.17, 15) is 13.9 Å². The Hall–Kier alpha value is -1.26. The molecule has 0 aliphatic heterocycles. The van der Waals surface area contributed by atoms with Crippen molar-refractivity contribution in [3.8, 4) is 0 Å². The highest BCUT2D eigenvalue weighted by molar-refractivity contribution is 9.10. The topological polar surface area (TPSA) is 20.2 Å². The number of aliphatic hydroxyl groups excluding tert-OH is 1. The Bertz CT molecular complexity index is 599. The molecule has 1 unspecified atom stereocenters. The Balaban J connectivity index is 2.30. The molecule has 2 rings (SSSR count). The fourth-order valence-corrected chi connectivity index (χ4v) is 2.36. The normalized spacial score (nSPS) is 12.5. The van der Waals surface area contributed by atoms with E-state index in [1.807, 2.05) is 31.2 Å². The monoisotopic (exact) mass is 326 g/mol. The molecule has 2 aromatic rings. The van der Waals surface area contributed by atoms with Crippen LogP contribution in [0.15, 0.2) is 40.9 Å². The molecular weight excluding hydrogens is 314 g/mol. The molecule has 1 nitrogen and oxygen atoms in total. The predicted octanol–water partition coefficient (Wildman–Crippen LogP) is 4.31. The van der Waals surface area contributed by atoms with Gasteiger partial charge in [-0.05, 0) is 40.5 Å². The molecular formula is C15H13BrF2O. The number of halogens is 3. The molecule has 1 N–H and O–H groups in total. The van der Waals surface area contributed by atoms with Gasteiger partial charge in [0, 0.05) is 6.42 Å². The van der Waals surface area contributed by atoms with Crippen LogP contribution < -0.4 is 0 Å². The molecule has 0 bridgehead atoms. The van der Waals surface area contributed by atoms with E-state index in [1.54, 1.807) is 0 Å². The molecule has 0 amide bonds. The minimum absolute atomic E-state index is 0.146. The van der Waals surface area contributed by atoms with Crippen LogP contribution in [0.25, 0.3) is 0 Å². The number of rotatable bonds is 3. The van der Waals surface area contributed by atoms with Gasteiger partial charge in [-0.15, -0.1) is 0 Å². The lowest BCUT2D eigenvalue weighted by atomic mass is 9.99. The average Bonchev–Trinajstić information content (AvgIpc) is 2.34. The van der Waals surface area contributed by atoms with Crippen LogP contribution in [0, 0.1) is 18.6 Å². The second-order valence-corrected chi connectivity index (χ2v) is 5.32. The lowest BCUT2D eigenvalue weighted by Gasteiger charge is -2.14. The van der Waals surface area contributed by atoms with Crippen molar-refractivity contribution in [1.82, 2.24) is 0 Å². The van der Waals surface area contributed by atoms with Gasteiger partial charge in [-0.1, -0.05) is 29.8 Å². The van der Waals surface area contributed by atoms with Crippen LogP contribution in [0.3, 0.4) is 0 Å². The van der Waals surface area contributed by atoms with Crippen molar-refractivity contribution in [3.63, 3.8) is 0 Å². The maximum Gasteiger partial charge on any atom is 0.146 e. The minimum Gasteiger partial charge on any atom is -0.388 e. The highest BCUT2D eigenvalue weighted by Gasteiger charge is 2.20. The summed E-state index contributed by atoms with van der Waals surface area (Å²) >= 11 is 2.99. The number of hydrogen-bond acceptors (Lipinski definition) is 1. The number of aryl methyl sites for hydroxylation is 1. The van der Waals surface area contributed by atoms with Crippen molar-refractivity contribution >= 4 is 15.9 Å². The molecule has 0 heterocycles. The smallest absolute Gasteiger partial charge is 0.146 e. The first-order chi connectivity index (χ1) is 8.99. The molecule has 19 heavy (non-hydrogen) atoms. The van der Waals surface area contributed by atoms with Crippen LogP contribution in [-0.2, 0) is 6.42 Å². The standard InChI is InChI=1S/C15H13BrF2O/c1-9-3-2-4-10(7-9)8-13(19)14-12(17)6-5-11(16)15(14)18/h2-7,13,19H,8H2,1H3. The van der Waals surface area contributed by atoms with Gasteiger partial charge in [0.25, 0.3) is 0 Å². The first-order valence-corrected chi connectivity index (χ1v) is 6.65. The molecule has 0 aliphatic carbocycles. The number of hydrogen-bond donors (Lipinski definition) is 1. The van der Waals surface area contributed by atoms with Crippen LogP contribution >= 0.6 is 15.9 Å². The van der Waals surface area contributed by atoms with Crippen molar-refractivity contribution in [2.24, 2.45) is 0 Å². The van der Waals surface area contributed by atoms with Crippen molar-refractivity contribution in [1.29, 1.82) is 0 Å². The lowest BCUT2D eigenvalue weighted by molar-refractivity contribution is 0.168. The zero-order chi connectivity index (χ0) is 14.0. The number of benzene rings is 2. The van der Waals surface area contributed by atoms with Crippen LogP contribution in [0.2, 0.25) is 0 Å². The highest BCUT2D eigenvalue weighted by Crippen LogP contribution is 2.28. The van der Waals surface area contributed by atoms with Gasteiger partial charge < -0.3 is 5.11 Å². The lowest BCUT2D eigenvalue weighted by Crippen LogP contribution is -2.08. The van der Waals surface area contributed by atoms with Crippen molar-refractivity contribution in [3.05, 3.63) is 69.2 Å². The fraction of sp³-hybridized carbons (Fsp3) is 0.200. The summed E-state index contributed by atoms with van der Waals surface area (Å²) in [4.78, 5) is 0. The Morgan fingerprint density at radius 2 is 1.95 bits per heavy atom. The van der Waals surface area contributed by atoms with E-state index >= 15 is 0 Å². The summed E-state index contributed by atoms with van der Waals surface area (Å²) in [6.45, 7) is 1.93. The summed E-state index contributed by atoms with van der Waals surface area (Å²) in [5.41, 5.74) is 1.59. The predicted molar refractivity (Wildman–Crippen MR) is 73.9 cm³/mol. The van der Waals surface area contributed by atoms with Gasteiger partial charge in [0.05, 0.1) is 16.1 Å². The van der Waals surface area contributed by atoms with E-state index < -0.39 is 17.7 Å². The zero-order valence-electron chi connectivity index (χ0n) is 10.3. The first kappa shape index (κ1) is 14.2. The van der Waals surface area contributed by atoms with E-state index in [4.69, 9.17) is 0 Å². The molecule has 0 aliphatic rings. The van der Waals surface area contributed by atoms with E-state index in [0.717, 1.165) is 17.2 Å². The van der Waals surface area contributed by atoms with Gasteiger partial charge in [0.1, 0.15) is 11.6 Å². The maximum atomic E-state index is 13.8. The Kier molecular flexibility index (Phi) is 4.32. The zero-order valence-corrected chi connectivity index (χ0v) is 11.9. The molecule has 100 valence electrons. The third-order valence-corrected chi connectivity index (χ3v) is 3.54. The molecule has 0 radical (unpaired) electrons. The van der Waals surface area contributed by atoms with E-state index in [-0.39, 0.29) is 16.5 Å². The van der Waals surface area contributed by atoms with Gasteiger partial charge in [0.2, 0.25) is 0 Å². The van der Waals surface area contributed by atoms with Gasteiger partial charge in [-0.25, -0.2) is 8.78 Å². The third kappa shape index (κ3) is 3.19. The number of aliphatic hydroxyl groups is 1. The van der Waals surface area contributed by atoms with Gasteiger partial charge in [0.15, 0.2) is 0 Å². The highest BCUT2D eigenvalue weighted by atomic mass is 79.9. The van der Waals surface area contributed by atoms with Crippen molar-refractivity contribution in [2.75, 3.05) is 0 Å². The minimum atomic E-state index is -1.21. The summed E-state index contributed by atoms with van der Waals surface area (Å²) in [6, 6.07) is 9.91. The van der Waals surface area contributed by atoms with Crippen molar-refractivity contribution < 1.29 is 13.9 Å². The van der Waals surface area contributed by atoms with E-state index in [1.165, 1.54) is 6.07 Å². The molecule has 4 heteroatoms. The Morgan fingerprint density at radius 3 is 2.63 bits per heavy atom. The second-order valence-electron chi connectivity index (χ2n) is 4.47. The van der Waals surface area contributed by atoms with Crippen LogP contribution in [0.5, 0.6) is 0 Å². The second kappa shape index (κ2) is 5.80. The molecule has 0 saturated carbocycles. The summed E-state index contributed by atoms with van der Waals surface area (Å²) in [5.74, 6) is -1.49. The summed E-state index contributed by atoms with van der Waals surface area (Å²) in [7, 11) is 0. The van der Waals surface area contributed by atoms with E-state index in [2.05, 4.69) is 15.9 Å². The van der Waals surface area contributed by atoms with Crippen LogP contribution in [0.4, 0.5) is 8.78 Å². The molecule has 2 aromatic carbocycles. The fourth-order valence-electron chi connectivity index (χ4n) is 2.01. The molecule has 0 aromatic heterocycles. The maximum absolute atomic E-state index is 13.8. The quantitative estimate of drug-likeness (QED) is 0.833. The first-order valence-electron chi connectivity index (χ1n) is 5.86. The average molecular weight is 327 g/mol. The van der Waals surface area contributed by atoms with Crippen molar-refractivity contribution in [2.45, 2.75) is 19.4 Å². The van der Waals surface area contributed by atoms with Gasteiger partial charge in [-0.3, -0.25) is 0 Å². The van der Waals surface area contributed by atoms with Crippen LogP contribution in [0.1, 0.15) is 22.8 Å².